The van der Waals surface area contributed by atoms with E-state index in [-0.39, 0.29) is 22.5 Å². The quantitative estimate of drug-likeness (QED) is 0.705. The molecule has 8 nitrogen and oxygen atoms in total. The van der Waals surface area contributed by atoms with Crippen molar-refractivity contribution in [1.82, 2.24) is 15.2 Å². The van der Waals surface area contributed by atoms with Crippen molar-refractivity contribution in [3.8, 4) is 0 Å². The van der Waals surface area contributed by atoms with Crippen molar-refractivity contribution >= 4 is 27.5 Å². The number of amides is 3. The maximum atomic E-state index is 12.8. The van der Waals surface area contributed by atoms with Gasteiger partial charge in [-0.3, -0.25) is 14.7 Å². The zero-order valence-electron chi connectivity index (χ0n) is 18.3. The highest BCUT2D eigenvalue weighted by atomic mass is 32.2. The van der Waals surface area contributed by atoms with Gasteiger partial charge >= 0.3 is 12.2 Å². The number of carbonyl (C=O) groups is 2. The number of sulfone groups is 1. The first kappa shape index (κ1) is 24.0. The highest BCUT2D eigenvalue weighted by Crippen LogP contribution is 2.31. The second-order valence-corrected chi connectivity index (χ2v) is 10.4. The van der Waals surface area contributed by atoms with E-state index in [0.717, 1.165) is 30.1 Å². The van der Waals surface area contributed by atoms with Gasteiger partial charge in [0.05, 0.1) is 10.5 Å². The molecule has 0 atom stereocenters. The average Bonchev–Trinajstić information content (AvgIpc) is 3.21. The van der Waals surface area contributed by atoms with Gasteiger partial charge in [-0.2, -0.15) is 13.2 Å². The van der Waals surface area contributed by atoms with E-state index >= 15 is 0 Å². The molecule has 1 N–H and O–H groups in total. The molecule has 1 aromatic carbocycles. The number of alkyl halides is 3. The summed E-state index contributed by atoms with van der Waals surface area (Å²) >= 11 is 0. The summed E-state index contributed by atoms with van der Waals surface area (Å²) in [6, 6.07) is 6.17. The number of nitrogens with zero attached hydrogens (tertiary/aromatic N) is 3. The third-order valence-corrected chi connectivity index (χ3v) is 7.14. The van der Waals surface area contributed by atoms with Gasteiger partial charge in [0.2, 0.25) is 0 Å². The van der Waals surface area contributed by atoms with Gasteiger partial charge in [-0.15, -0.1) is 0 Å². The minimum absolute atomic E-state index is 0.0811. The monoisotopic (exact) mass is 496 g/mol. The molecule has 12 heteroatoms. The SMILES string of the molecule is CS(=O)(=O)c1ccc2c(c1)CCN2C(=O)NC1CCN(C(=O)c2ccc(C(F)(F)F)nc2)CC1. The topological polar surface area (TPSA) is 99.7 Å². The molecule has 1 saturated heterocycles. The number of halogens is 3. The lowest BCUT2D eigenvalue weighted by Crippen LogP contribution is -2.50. The Morgan fingerprint density at radius 3 is 2.38 bits per heavy atom. The molecule has 1 aromatic heterocycles. The van der Waals surface area contributed by atoms with Gasteiger partial charge in [0, 0.05) is 43.8 Å². The fraction of sp³-hybridized carbons (Fsp3) is 0.409. The zero-order valence-corrected chi connectivity index (χ0v) is 19.1. The molecule has 0 spiro atoms. The van der Waals surface area contributed by atoms with Crippen LogP contribution in [0.4, 0.5) is 23.7 Å². The molecule has 182 valence electrons. The van der Waals surface area contributed by atoms with Crippen molar-refractivity contribution in [2.75, 3.05) is 30.8 Å². The first-order valence-electron chi connectivity index (χ1n) is 10.7. The van der Waals surface area contributed by atoms with Crippen LogP contribution in [-0.4, -0.2) is 62.2 Å². The fourth-order valence-corrected chi connectivity index (χ4v) is 4.84. The van der Waals surface area contributed by atoms with E-state index in [1.54, 1.807) is 17.0 Å². The summed E-state index contributed by atoms with van der Waals surface area (Å²) in [5.41, 5.74) is 0.495. The molecule has 4 rings (SSSR count). The Labute approximate surface area is 194 Å². The number of aromatic nitrogens is 1. The van der Waals surface area contributed by atoms with Crippen LogP contribution < -0.4 is 10.2 Å². The van der Waals surface area contributed by atoms with Gasteiger partial charge in [-0.25, -0.2) is 13.2 Å². The summed E-state index contributed by atoms with van der Waals surface area (Å²) in [6.45, 7) is 1.13. The van der Waals surface area contributed by atoms with Crippen LogP contribution in [0.5, 0.6) is 0 Å². The molecule has 2 aliphatic heterocycles. The molecule has 0 aliphatic carbocycles. The number of fused-ring (bicyclic) bond motifs is 1. The van der Waals surface area contributed by atoms with Crippen molar-refractivity contribution in [3.63, 3.8) is 0 Å². The Hall–Kier alpha value is -3.15. The maximum Gasteiger partial charge on any atom is 0.433 e. The van der Waals surface area contributed by atoms with E-state index < -0.39 is 27.6 Å². The van der Waals surface area contributed by atoms with Crippen LogP contribution in [0, 0.1) is 0 Å². The van der Waals surface area contributed by atoms with E-state index in [0.29, 0.717) is 44.6 Å². The first-order valence-corrected chi connectivity index (χ1v) is 12.6. The van der Waals surface area contributed by atoms with Crippen LogP contribution in [0.25, 0.3) is 0 Å². The van der Waals surface area contributed by atoms with Crippen LogP contribution in [0.1, 0.15) is 34.5 Å². The van der Waals surface area contributed by atoms with Gasteiger partial charge in [-0.05, 0) is 55.2 Å². The molecule has 0 unspecified atom stereocenters. The summed E-state index contributed by atoms with van der Waals surface area (Å²) in [5.74, 6) is -0.402. The lowest BCUT2D eigenvalue weighted by molar-refractivity contribution is -0.141. The second kappa shape index (κ2) is 8.90. The third-order valence-electron chi connectivity index (χ3n) is 6.03. The van der Waals surface area contributed by atoms with Gasteiger partial charge in [0.15, 0.2) is 9.84 Å². The van der Waals surface area contributed by atoms with Gasteiger partial charge in [0.1, 0.15) is 5.69 Å². The predicted molar refractivity (Wildman–Crippen MR) is 117 cm³/mol. The standard InChI is InChI=1S/C22H23F3N4O4S/c1-34(32,33)17-3-4-18-14(12-17)6-11-29(18)21(31)27-16-7-9-28(10-8-16)20(30)15-2-5-19(26-13-15)22(23,24)25/h2-5,12-13,16H,6-11H2,1H3,(H,27,31). The Bertz CT molecular complexity index is 1210. The summed E-state index contributed by atoms with van der Waals surface area (Å²) in [6.07, 6.45) is -0.943. The van der Waals surface area contributed by atoms with Crippen LogP contribution in [0.3, 0.4) is 0 Å². The Morgan fingerprint density at radius 1 is 1.09 bits per heavy atom. The summed E-state index contributed by atoms with van der Waals surface area (Å²) in [7, 11) is -3.33. The largest absolute Gasteiger partial charge is 0.433 e. The average molecular weight is 497 g/mol. The number of nitrogens with one attached hydrogen (secondary N) is 1. The molecule has 2 aliphatic rings. The number of anilines is 1. The Balaban J connectivity index is 1.33. The molecule has 2 aromatic rings. The summed E-state index contributed by atoms with van der Waals surface area (Å²) < 4.78 is 61.5. The van der Waals surface area contributed by atoms with Crippen LogP contribution in [0.15, 0.2) is 41.4 Å². The fourth-order valence-electron chi connectivity index (χ4n) is 4.17. The highest BCUT2D eigenvalue weighted by Gasteiger charge is 2.33. The number of hydrogen-bond acceptors (Lipinski definition) is 5. The van der Waals surface area contributed by atoms with Crippen molar-refractivity contribution < 1.29 is 31.2 Å². The molecule has 1 fully saturated rings. The minimum atomic E-state index is -4.57. The zero-order chi connectivity index (χ0) is 24.7. The molecular weight excluding hydrogens is 473 g/mol. The molecule has 0 bridgehead atoms. The number of carbonyl (C=O) groups excluding carboxylic acids is 2. The molecule has 34 heavy (non-hydrogen) atoms. The molecule has 3 amide bonds. The molecule has 3 heterocycles. The number of likely N-dealkylation sites (tertiary alicyclic amines) is 1. The molecular formula is C22H23F3N4O4S. The predicted octanol–water partition coefficient (Wildman–Crippen LogP) is 2.88. The van der Waals surface area contributed by atoms with Crippen molar-refractivity contribution in [3.05, 3.63) is 53.3 Å². The van der Waals surface area contributed by atoms with E-state index in [9.17, 15) is 31.2 Å². The third kappa shape index (κ3) is 5.01. The Morgan fingerprint density at radius 2 is 1.79 bits per heavy atom. The highest BCUT2D eigenvalue weighted by molar-refractivity contribution is 7.90. The number of benzene rings is 1. The number of pyridine rings is 1. The van der Waals surface area contributed by atoms with Crippen molar-refractivity contribution in [2.45, 2.75) is 36.4 Å². The van der Waals surface area contributed by atoms with Crippen LogP contribution >= 0.6 is 0 Å². The Kier molecular flexibility index (Phi) is 6.28. The van der Waals surface area contributed by atoms with Gasteiger partial charge in [-0.1, -0.05) is 0 Å². The number of rotatable bonds is 3. The normalized spacial score (nSPS) is 16.9. The second-order valence-electron chi connectivity index (χ2n) is 8.41. The molecule has 0 radical (unpaired) electrons. The van der Waals surface area contributed by atoms with E-state index in [2.05, 4.69) is 10.3 Å². The van der Waals surface area contributed by atoms with Crippen LogP contribution in [-0.2, 0) is 22.4 Å². The lowest BCUT2D eigenvalue weighted by Gasteiger charge is -2.33. The number of urea groups is 1. The number of piperidine rings is 1. The van der Waals surface area contributed by atoms with Crippen molar-refractivity contribution in [2.24, 2.45) is 0 Å². The summed E-state index contributed by atoms with van der Waals surface area (Å²) in [5, 5.41) is 2.96. The van der Waals surface area contributed by atoms with Crippen LogP contribution in [0.2, 0.25) is 0 Å². The number of hydrogen-bond donors (Lipinski definition) is 1. The van der Waals surface area contributed by atoms with E-state index in [1.807, 2.05) is 0 Å². The molecule has 0 saturated carbocycles. The minimum Gasteiger partial charge on any atom is -0.338 e. The maximum absolute atomic E-state index is 12.8. The van der Waals surface area contributed by atoms with Crippen molar-refractivity contribution in [1.29, 1.82) is 0 Å². The summed E-state index contributed by atoms with van der Waals surface area (Å²) in [4.78, 5) is 32.1. The first-order chi connectivity index (χ1) is 15.9. The van der Waals surface area contributed by atoms with Gasteiger partial charge < -0.3 is 10.2 Å². The van der Waals surface area contributed by atoms with Gasteiger partial charge in [0.25, 0.3) is 5.91 Å². The lowest BCUT2D eigenvalue weighted by atomic mass is 10.0. The van der Waals surface area contributed by atoms with E-state index in [4.69, 9.17) is 0 Å². The van der Waals surface area contributed by atoms with E-state index in [1.165, 1.54) is 11.0 Å². The smallest absolute Gasteiger partial charge is 0.338 e.